The molecule has 0 spiro atoms. The second-order valence-electron chi connectivity index (χ2n) is 4.57. The highest BCUT2D eigenvalue weighted by molar-refractivity contribution is 5.83. The molecule has 0 saturated heterocycles. The monoisotopic (exact) mass is 233 g/mol. The first-order valence-corrected chi connectivity index (χ1v) is 5.87. The van der Waals surface area contributed by atoms with Crippen LogP contribution in [0.2, 0.25) is 0 Å². The molecule has 4 heteroatoms. The largest absolute Gasteiger partial charge is 0.299 e. The van der Waals surface area contributed by atoms with Crippen LogP contribution in [0.25, 0.3) is 0 Å². The van der Waals surface area contributed by atoms with E-state index in [1.807, 2.05) is 30.3 Å². The van der Waals surface area contributed by atoms with E-state index in [2.05, 4.69) is 0 Å². The number of carbonyl (C=O) groups is 1. The van der Waals surface area contributed by atoms with Gasteiger partial charge in [0.15, 0.2) is 0 Å². The molecular formula is C13H15NO3. The lowest BCUT2D eigenvalue weighted by Crippen LogP contribution is -2.26. The van der Waals surface area contributed by atoms with Crippen molar-refractivity contribution in [1.29, 1.82) is 0 Å². The summed E-state index contributed by atoms with van der Waals surface area (Å²) in [6.07, 6.45) is 2.24. The van der Waals surface area contributed by atoms with Crippen LogP contribution in [-0.2, 0) is 11.2 Å². The van der Waals surface area contributed by atoms with Gasteiger partial charge in [0.2, 0.25) is 6.04 Å². The Kier molecular flexibility index (Phi) is 3.52. The van der Waals surface area contributed by atoms with E-state index in [0.29, 0.717) is 6.42 Å². The number of benzene rings is 1. The third-order valence-electron chi connectivity index (χ3n) is 3.08. The van der Waals surface area contributed by atoms with Gasteiger partial charge in [-0.1, -0.05) is 30.3 Å². The van der Waals surface area contributed by atoms with Gasteiger partial charge in [-0.2, -0.15) is 0 Å². The van der Waals surface area contributed by atoms with Crippen LogP contribution in [0.4, 0.5) is 0 Å². The first-order valence-electron chi connectivity index (χ1n) is 5.87. The number of Topliss-reactive ketones (excluding diaryl/α,β-unsaturated/α-hetero) is 1. The Labute approximate surface area is 99.8 Å². The predicted octanol–water partition coefficient (Wildman–Crippen LogP) is 2.24. The highest BCUT2D eigenvalue weighted by Gasteiger charge is 2.34. The van der Waals surface area contributed by atoms with Gasteiger partial charge >= 0.3 is 0 Å². The van der Waals surface area contributed by atoms with Gasteiger partial charge in [0.05, 0.1) is 6.42 Å². The molecule has 1 saturated carbocycles. The maximum Gasteiger partial charge on any atom is 0.224 e. The van der Waals surface area contributed by atoms with Crippen LogP contribution in [0.1, 0.15) is 24.8 Å². The first-order chi connectivity index (χ1) is 8.16. The lowest BCUT2D eigenvalue weighted by atomic mass is 10.0. The summed E-state index contributed by atoms with van der Waals surface area (Å²) in [4.78, 5) is 22.2. The third-order valence-corrected chi connectivity index (χ3v) is 3.08. The van der Waals surface area contributed by atoms with Crippen molar-refractivity contribution < 1.29 is 9.72 Å². The van der Waals surface area contributed by atoms with Crippen LogP contribution in [0, 0.1) is 16.0 Å². The summed E-state index contributed by atoms with van der Waals surface area (Å²) in [5, 5.41) is 10.9. The van der Waals surface area contributed by atoms with Gasteiger partial charge in [-0.25, -0.2) is 0 Å². The molecule has 1 fully saturated rings. The Morgan fingerprint density at radius 3 is 2.53 bits per heavy atom. The number of nitrogens with zero attached hydrogens (tertiary/aromatic N) is 1. The van der Waals surface area contributed by atoms with Gasteiger partial charge < -0.3 is 0 Å². The number of rotatable bonds is 6. The van der Waals surface area contributed by atoms with E-state index in [4.69, 9.17) is 0 Å². The van der Waals surface area contributed by atoms with Crippen LogP contribution in [-0.4, -0.2) is 16.7 Å². The molecule has 0 aliphatic heterocycles. The first kappa shape index (κ1) is 11.8. The summed E-state index contributed by atoms with van der Waals surface area (Å²) in [6.45, 7) is 0. The van der Waals surface area contributed by atoms with E-state index in [1.165, 1.54) is 0 Å². The fraction of sp³-hybridized carbons (Fsp3) is 0.462. The summed E-state index contributed by atoms with van der Waals surface area (Å²) in [6, 6.07) is 8.53. The number of hydrogen-bond acceptors (Lipinski definition) is 3. The van der Waals surface area contributed by atoms with E-state index >= 15 is 0 Å². The molecule has 0 aromatic heterocycles. The van der Waals surface area contributed by atoms with Crippen LogP contribution in [0.15, 0.2) is 30.3 Å². The van der Waals surface area contributed by atoms with E-state index in [9.17, 15) is 14.9 Å². The molecule has 0 radical (unpaired) electrons. The second-order valence-corrected chi connectivity index (χ2v) is 4.57. The normalized spacial score (nSPS) is 16.5. The van der Waals surface area contributed by atoms with Crippen molar-refractivity contribution >= 4 is 5.78 Å². The van der Waals surface area contributed by atoms with Crippen LogP contribution in [0.3, 0.4) is 0 Å². The lowest BCUT2D eigenvalue weighted by Gasteiger charge is -2.08. The van der Waals surface area contributed by atoms with Crippen LogP contribution >= 0.6 is 0 Å². The van der Waals surface area contributed by atoms with Gasteiger partial charge in [0.25, 0.3) is 0 Å². The zero-order valence-corrected chi connectivity index (χ0v) is 9.54. The van der Waals surface area contributed by atoms with Crippen molar-refractivity contribution in [2.45, 2.75) is 31.7 Å². The Hall–Kier alpha value is -1.71. The molecule has 90 valence electrons. The van der Waals surface area contributed by atoms with Gasteiger partial charge in [-0.05, 0) is 18.4 Å². The summed E-state index contributed by atoms with van der Waals surface area (Å²) in [5.41, 5.74) is 0.915. The fourth-order valence-electron chi connectivity index (χ4n) is 1.91. The molecule has 1 aliphatic rings. The van der Waals surface area contributed by atoms with Crippen molar-refractivity contribution in [3.05, 3.63) is 46.0 Å². The van der Waals surface area contributed by atoms with Gasteiger partial charge in [0.1, 0.15) is 5.78 Å². The highest BCUT2D eigenvalue weighted by atomic mass is 16.6. The third kappa shape index (κ3) is 3.37. The summed E-state index contributed by atoms with van der Waals surface area (Å²) >= 11 is 0. The molecule has 17 heavy (non-hydrogen) atoms. The second kappa shape index (κ2) is 5.08. The van der Waals surface area contributed by atoms with Crippen molar-refractivity contribution in [2.24, 2.45) is 5.92 Å². The topological polar surface area (TPSA) is 60.2 Å². The van der Waals surface area contributed by atoms with Gasteiger partial charge in [-0.15, -0.1) is 0 Å². The zero-order chi connectivity index (χ0) is 12.3. The van der Waals surface area contributed by atoms with Crippen molar-refractivity contribution in [2.75, 3.05) is 0 Å². The van der Waals surface area contributed by atoms with Crippen molar-refractivity contribution in [1.82, 2.24) is 0 Å². The Morgan fingerprint density at radius 1 is 1.35 bits per heavy atom. The van der Waals surface area contributed by atoms with E-state index in [0.717, 1.165) is 18.4 Å². The molecule has 1 aromatic rings. The van der Waals surface area contributed by atoms with E-state index in [-0.39, 0.29) is 23.0 Å². The number of hydrogen-bond donors (Lipinski definition) is 0. The lowest BCUT2D eigenvalue weighted by molar-refractivity contribution is -0.520. The van der Waals surface area contributed by atoms with Crippen molar-refractivity contribution in [3.63, 3.8) is 0 Å². The molecule has 4 nitrogen and oxygen atoms in total. The quantitative estimate of drug-likeness (QED) is 0.559. The Balaban J connectivity index is 1.97. The maximum atomic E-state index is 11.6. The summed E-state index contributed by atoms with van der Waals surface area (Å²) < 4.78 is 0. The van der Waals surface area contributed by atoms with E-state index < -0.39 is 6.04 Å². The standard InChI is InChI=1S/C13H15NO3/c15-13(11-6-7-11)9-12(14(16)17)8-10-4-2-1-3-5-10/h1-5,11-12H,6-9H2/t12-/m1/s1. The number of ketones is 1. The highest BCUT2D eigenvalue weighted by Crippen LogP contribution is 2.31. The minimum Gasteiger partial charge on any atom is -0.299 e. The molecule has 0 N–H and O–H groups in total. The molecule has 2 rings (SSSR count). The average molecular weight is 233 g/mol. The molecule has 0 heterocycles. The fourth-order valence-corrected chi connectivity index (χ4v) is 1.91. The molecule has 1 atom stereocenters. The van der Waals surface area contributed by atoms with Gasteiger partial charge in [-0.3, -0.25) is 14.9 Å². The van der Waals surface area contributed by atoms with Crippen LogP contribution < -0.4 is 0 Å². The van der Waals surface area contributed by atoms with Crippen LogP contribution in [0.5, 0.6) is 0 Å². The molecule has 0 amide bonds. The summed E-state index contributed by atoms with van der Waals surface area (Å²) in [7, 11) is 0. The molecule has 1 aliphatic carbocycles. The minimum absolute atomic E-state index is 0.0580. The maximum absolute atomic E-state index is 11.6. The predicted molar refractivity (Wildman–Crippen MR) is 63.3 cm³/mol. The molecule has 1 aromatic carbocycles. The molecule has 0 unspecified atom stereocenters. The smallest absolute Gasteiger partial charge is 0.224 e. The van der Waals surface area contributed by atoms with Crippen molar-refractivity contribution in [3.8, 4) is 0 Å². The average Bonchev–Trinajstić information content (AvgIpc) is 3.13. The molecule has 0 bridgehead atoms. The summed E-state index contributed by atoms with van der Waals surface area (Å²) in [5.74, 6) is 0.163. The number of carbonyl (C=O) groups excluding carboxylic acids is 1. The van der Waals surface area contributed by atoms with E-state index in [1.54, 1.807) is 0 Å². The van der Waals surface area contributed by atoms with Gasteiger partial charge in [0, 0.05) is 17.3 Å². The number of nitro groups is 1. The Bertz CT molecular complexity index is 412. The Morgan fingerprint density at radius 2 is 2.00 bits per heavy atom. The molecular weight excluding hydrogens is 218 g/mol. The zero-order valence-electron chi connectivity index (χ0n) is 9.54. The minimum atomic E-state index is -0.773. The SMILES string of the molecule is O=C(C[C@@H](Cc1ccccc1)[N+](=O)[O-])C1CC1.